The van der Waals surface area contributed by atoms with Gasteiger partial charge in [-0.25, -0.2) is 0 Å². The van der Waals surface area contributed by atoms with Crippen molar-refractivity contribution >= 4 is 23.5 Å². The molecule has 27 heavy (non-hydrogen) atoms. The van der Waals surface area contributed by atoms with Crippen molar-refractivity contribution < 1.29 is 23.9 Å². The number of hydrogen-bond donors (Lipinski definition) is 2. The van der Waals surface area contributed by atoms with Crippen LogP contribution in [0.15, 0.2) is 34.9 Å². The van der Waals surface area contributed by atoms with Crippen LogP contribution in [0, 0.1) is 13.8 Å². The molecule has 0 unspecified atom stereocenters. The lowest BCUT2D eigenvalue weighted by Crippen LogP contribution is -2.39. The molecule has 0 bridgehead atoms. The Balaban J connectivity index is 2.18. The summed E-state index contributed by atoms with van der Waals surface area (Å²) in [5.74, 6) is -1.70. The van der Waals surface area contributed by atoms with Gasteiger partial charge in [0.25, 0.3) is 5.91 Å². The standard InChI is InChI=1S/C20H24N2O5/c1-4-9-22(11-17(23)21-15-8-6-5-7-13(15)2)20(26)19-14(3)12-27-16(19)10-18(24)25/h5-8,12H,4,9-11H2,1-3H3,(H,21,23)(H,24,25). The minimum atomic E-state index is -1.09. The highest BCUT2D eigenvalue weighted by Gasteiger charge is 2.26. The molecule has 0 aliphatic heterocycles. The number of carboxylic acid groups (broad SMARTS) is 1. The van der Waals surface area contributed by atoms with Crippen molar-refractivity contribution in [3.63, 3.8) is 0 Å². The molecule has 1 aromatic carbocycles. The molecule has 7 heteroatoms. The van der Waals surface area contributed by atoms with Gasteiger partial charge in [0.15, 0.2) is 0 Å². The van der Waals surface area contributed by atoms with Crippen molar-refractivity contribution in [2.75, 3.05) is 18.4 Å². The first-order valence-corrected chi connectivity index (χ1v) is 8.77. The molecule has 2 N–H and O–H groups in total. The van der Waals surface area contributed by atoms with Gasteiger partial charge in [0, 0.05) is 17.8 Å². The second-order valence-electron chi connectivity index (χ2n) is 6.38. The zero-order chi connectivity index (χ0) is 20.0. The molecule has 2 aromatic rings. The Bertz CT molecular complexity index is 841. The summed E-state index contributed by atoms with van der Waals surface area (Å²) in [5.41, 5.74) is 2.39. The highest BCUT2D eigenvalue weighted by Crippen LogP contribution is 2.20. The molecule has 1 heterocycles. The number of aliphatic carboxylic acids is 1. The molecule has 0 aliphatic rings. The van der Waals surface area contributed by atoms with Crippen LogP contribution in [-0.4, -0.2) is 40.9 Å². The number of furan rings is 1. The van der Waals surface area contributed by atoms with Gasteiger partial charge < -0.3 is 19.7 Å². The number of benzene rings is 1. The third kappa shape index (κ3) is 5.20. The average molecular weight is 372 g/mol. The number of nitrogens with one attached hydrogen (secondary N) is 1. The summed E-state index contributed by atoms with van der Waals surface area (Å²) in [4.78, 5) is 37.8. The molecular formula is C20H24N2O5. The predicted octanol–water partition coefficient (Wildman–Crippen LogP) is 3.01. The Hall–Kier alpha value is -3.09. The van der Waals surface area contributed by atoms with Gasteiger partial charge in [-0.05, 0) is 31.9 Å². The van der Waals surface area contributed by atoms with Gasteiger partial charge in [-0.2, -0.15) is 0 Å². The first-order valence-electron chi connectivity index (χ1n) is 8.77. The third-order valence-electron chi connectivity index (χ3n) is 4.11. The van der Waals surface area contributed by atoms with E-state index in [-0.39, 0.29) is 30.2 Å². The van der Waals surface area contributed by atoms with Crippen molar-refractivity contribution in [2.45, 2.75) is 33.6 Å². The summed E-state index contributed by atoms with van der Waals surface area (Å²) in [6.07, 6.45) is 1.64. The predicted molar refractivity (Wildman–Crippen MR) is 101 cm³/mol. The van der Waals surface area contributed by atoms with E-state index in [2.05, 4.69) is 5.32 Å². The van der Waals surface area contributed by atoms with Crippen molar-refractivity contribution in [1.82, 2.24) is 4.90 Å². The maximum absolute atomic E-state index is 13.0. The number of hydrogen-bond acceptors (Lipinski definition) is 4. The van der Waals surface area contributed by atoms with Crippen molar-refractivity contribution in [3.05, 3.63) is 53.0 Å². The maximum Gasteiger partial charge on any atom is 0.311 e. The van der Waals surface area contributed by atoms with E-state index in [1.165, 1.54) is 11.2 Å². The Morgan fingerprint density at radius 2 is 1.85 bits per heavy atom. The molecular weight excluding hydrogens is 348 g/mol. The first-order chi connectivity index (χ1) is 12.8. The SMILES string of the molecule is CCCN(CC(=O)Nc1ccccc1C)C(=O)c1c(C)coc1CC(=O)O. The summed E-state index contributed by atoms with van der Waals surface area (Å²) >= 11 is 0. The van der Waals surface area contributed by atoms with Crippen LogP contribution >= 0.6 is 0 Å². The molecule has 0 saturated carbocycles. The van der Waals surface area contributed by atoms with Crippen LogP contribution in [0.3, 0.4) is 0 Å². The van der Waals surface area contributed by atoms with Crippen LogP contribution in [0.4, 0.5) is 5.69 Å². The lowest BCUT2D eigenvalue weighted by Gasteiger charge is -2.22. The van der Waals surface area contributed by atoms with Crippen molar-refractivity contribution in [1.29, 1.82) is 0 Å². The Labute approximate surface area is 158 Å². The van der Waals surface area contributed by atoms with E-state index in [0.717, 1.165) is 5.56 Å². The van der Waals surface area contributed by atoms with Gasteiger partial charge >= 0.3 is 5.97 Å². The number of carboxylic acids is 1. The Kier molecular flexibility index (Phi) is 6.76. The molecule has 0 saturated heterocycles. The number of para-hydroxylation sites is 1. The summed E-state index contributed by atoms with van der Waals surface area (Å²) < 4.78 is 5.24. The molecule has 2 amide bonds. The van der Waals surface area contributed by atoms with Gasteiger partial charge in [-0.3, -0.25) is 14.4 Å². The first kappa shape index (κ1) is 20.2. The lowest BCUT2D eigenvalue weighted by atomic mass is 10.1. The highest BCUT2D eigenvalue weighted by atomic mass is 16.4. The van der Waals surface area contributed by atoms with Gasteiger partial charge in [0.05, 0.1) is 11.8 Å². The number of carbonyl (C=O) groups excluding carboxylic acids is 2. The monoisotopic (exact) mass is 372 g/mol. The van der Waals surface area contributed by atoms with Crippen LogP contribution in [0.25, 0.3) is 0 Å². The number of aryl methyl sites for hydroxylation is 2. The molecule has 0 spiro atoms. The van der Waals surface area contributed by atoms with E-state index in [1.54, 1.807) is 13.0 Å². The van der Waals surface area contributed by atoms with E-state index in [0.29, 0.717) is 24.2 Å². The fourth-order valence-electron chi connectivity index (χ4n) is 2.81. The van der Waals surface area contributed by atoms with E-state index in [9.17, 15) is 14.4 Å². The molecule has 144 valence electrons. The summed E-state index contributed by atoms with van der Waals surface area (Å²) in [6, 6.07) is 7.39. The average Bonchev–Trinajstić information content (AvgIpc) is 2.95. The fraction of sp³-hybridized carbons (Fsp3) is 0.350. The largest absolute Gasteiger partial charge is 0.481 e. The van der Waals surface area contributed by atoms with Crippen LogP contribution in [0.1, 0.15) is 40.6 Å². The summed E-state index contributed by atoms with van der Waals surface area (Å²) in [5, 5.41) is 11.8. The number of anilines is 1. The topological polar surface area (TPSA) is 99.9 Å². The van der Waals surface area contributed by atoms with E-state index in [1.807, 2.05) is 32.0 Å². The summed E-state index contributed by atoms with van der Waals surface area (Å²) in [6.45, 7) is 5.71. The van der Waals surface area contributed by atoms with E-state index in [4.69, 9.17) is 9.52 Å². The smallest absolute Gasteiger partial charge is 0.311 e. The maximum atomic E-state index is 13.0. The van der Waals surface area contributed by atoms with Crippen LogP contribution in [0.5, 0.6) is 0 Å². The van der Waals surface area contributed by atoms with Crippen LogP contribution < -0.4 is 5.32 Å². The van der Waals surface area contributed by atoms with Gasteiger partial charge in [0.1, 0.15) is 18.7 Å². The van der Waals surface area contributed by atoms with Crippen LogP contribution in [-0.2, 0) is 16.0 Å². The second kappa shape index (κ2) is 9.02. The highest BCUT2D eigenvalue weighted by molar-refractivity contribution is 6.01. The zero-order valence-corrected chi connectivity index (χ0v) is 15.7. The summed E-state index contributed by atoms with van der Waals surface area (Å²) in [7, 11) is 0. The molecule has 2 rings (SSSR count). The number of carbonyl (C=O) groups is 3. The Morgan fingerprint density at radius 1 is 1.15 bits per heavy atom. The molecule has 1 aromatic heterocycles. The minimum absolute atomic E-state index is 0.102. The molecule has 0 fully saturated rings. The third-order valence-corrected chi connectivity index (χ3v) is 4.11. The normalized spacial score (nSPS) is 10.5. The van der Waals surface area contributed by atoms with Gasteiger partial charge in [0.2, 0.25) is 5.91 Å². The number of nitrogens with zero attached hydrogens (tertiary/aromatic N) is 1. The van der Waals surface area contributed by atoms with Crippen molar-refractivity contribution in [2.24, 2.45) is 0 Å². The quantitative estimate of drug-likeness (QED) is 0.742. The van der Waals surface area contributed by atoms with Gasteiger partial charge in [-0.1, -0.05) is 25.1 Å². The van der Waals surface area contributed by atoms with E-state index >= 15 is 0 Å². The zero-order valence-electron chi connectivity index (χ0n) is 15.7. The van der Waals surface area contributed by atoms with E-state index < -0.39 is 11.9 Å². The number of rotatable bonds is 8. The van der Waals surface area contributed by atoms with Crippen LogP contribution in [0.2, 0.25) is 0 Å². The lowest BCUT2D eigenvalue weighted by molar-refractivity contribution is -0.136. The fourth-order valence-corrected chi connectivity index (χ4v) is 2.81. The molecule has 0 aliphatic carbocycles. The van der Waals surface area contributed by atoms with Crippen molar-refractivity contribution in [3.8, 4) is 0 Å². The molecule has 0 atom stereocenters. The molecule has 7 nitrogen and oxygen atoms in total. The van der Waals surface area contributed by atoms with Gasteiger partial charge in [-0.15, -0.1) is 0 Å². The minimum Gasteiger partial charge on any atom is -0.481 e. The number of amides is 2. The second-order valence-corrected chi connectivity index (χ2v) is 6.38. The molecule has 0 radical (unpaired) electrons. The Morgan fingerprint density at radius 3 is 2.48 bits per heavy atom.